The van der Waals surface area contributed by atoms with Crippen molar-refractivity contribution < 1.29 is 5.11 Å². The van der Waals surface area contributed by atoms with Crippen LogP contribution in [0, 0.1) is 5.41 Å². The highest BCUT2D eigenvalue weighted by Gasteiger charge is 2.45. The number of hydrogen-bond acceptors (Lipinski definition) is 3. The normalized spacial score (nSPS) is 25.1. The van der Waals surface area contributed by atoms with Crippen molar-refractivity contribution in [3.63, 3.8) is 0 Å². The summed E-state index contributed by atoms with van der Waals surface area (Å²) in [5.74, 6) is 0. The maximum absolute atomic E-state index is 9.74. The molecular formula is C11H19N3O. The molecule has 0 amide bonds. The second-order valence-corrected chi connectivity index (χ2v) is 5.04. The molecule has 84 valence electrons. The summed E-state index contributed by atoms with van der Waals surface area (Å²) in [5, 5.41) is 17.2. The van der Waals surface area contributed by atoms with E-state index in [2.05, 4.69) is 24.3 Å². The van der Waals surface area contributed by atoms with E-state index in [-0.39, 0.29) is 6.10 Å². The van der Waals surface area contributed by atoms with Crippen molar-refractivity contribution in [2.75, 3.05) is 6.54 Å². The number of aliphatic hydroxyl groups excluding tert-OH is 1. The van der Waals surface area contributed by atoms with Crippen LogP contribution in [0.15, 0.2) is 18.5 Å². The standard InChI is InChI=1S/C11H19N3O/c1-11(2)6-10(11)12-7-9(15)8-14-5-3-4-13-14/h3-5,9-10,12,15H,6-8H2,1-2H3. The van der Waals surface area contributed by atoms with Crippen molar-refractivity contribution in [3.8, 4) is 0 Å². The Morgan fingerprint density at radius 1 is 1.67 bits per heavy atom. The van der Waals surface area contributed by atoms with Gasteiger partial charge in [-0.05, 0) is 17.9 Å². The maximum atomic E-state index is 9.74. The van der Waals surface area contributed by atoms with Gasteiger partial charge in [0, 0.05) is 25.0 Å². The van der Waals surface area contributed by atoms with Crippen LogP contribution in [0.1, 0.15) is 20.3 Å². The summed E-state index contributed by atoms with van der Waals surface area (Å²) in [7, 11) is 0. The highest BCUT2D eigenvalue weighted by Crippen LogP contribution is 2.44. The predicted molar refractivity (Wildman–Crippen MR) is 58.4 cm³/mol. The van der Waals surface area contributed by atoms with Gasteiger partial charge in [0.2, 0.25) is 0 Å². The van der Waals surface area contributed by atoms with Crippen LogP contribution < -0.4 is 5.32 Å². The smallest absolute Gasteiger partial charge is 0.0860 e. The van der Waals surface area contributed by atoms with Crippen molar-refractivity contribution >= 4 is 0 Å². The summed E-state index contributed by atoms with van der Waals surface area (Å²) in [6.45, 7) is 5.69. The van der Waals surface area contributed by atoms with E-state index in [1.165, 1.54) is 6.42 Å². The Balaban J connectivity index is 1.67. The Labute approximate surface area is 90.3 Å². The lowest BCUT2D eigenvalue weighted by Crippen LogP contribution is -2.33. The van der Waals surface area contributed by atoms with Crippen LogP contribution in [0.4, 0.5) is 0 Å². The maximum Gasteiger partial charge on any atom is 0.0860 e. The van der Waals surface area contributed by atoms with Gasteiger partial charge in [-0.2, -0.15) is 5.10 Å². The van der Waals surface area contributed by atoms with Crippen molar-refractivity contribution in [1.82, 2.24) is 15.1 Å². The van der Waals surface area contributed by atoms with E-state index < -0.39 is 0 Å². The predicted octanol–water partition coefficient (Wildman–Crippen LogP) is 0.632. The molecule has 0 spiro atoms. The third-order valence-corrected chi connectivity index (χ3v) is 3.07. The summed E-state index contributed by atoms with van der Waals surface area (Å²) >= 11 is 0. The van der Waals surface area contributed by atoms with Crippen LogP contribution >= 0.6 is 0 Å². The first-order valence-corrected chi connectivity index (χ1v) is 5.47. The van der Waals surface area contributed by atoms with E-state index in [1.54, 1.807) is 10.9 Å². The fourth-order valence-electron chi connectivity index (χ4n) is 1.78. The Hall–Kier alpha value is -0.870. The van der Waals surface area contributed by atoms with Gasteiger partial charge in [0.1, 0.15) is 0 Å². The van der Waals surface area contributed by atoms with Gasteiger partial charge in [0.05, 0.1) is 12.6 Å². The first kappa shape index (κ1) is 10.6. The molecule has 4 heteroatoms. The minimum Gasteiger partial charge on any atom is -0.390 e. The first-order chi connectivity index (χ1) is 7.08. The van der Waals surface area contributed by atoms with Crippen LogP contribution in [-0.2, 0) is 6.54 Å². The molecule has 0 aliphatic heterocycles. The van der Waals surface area contributed by atoms with Crippen molar-refractivity contribution in [3.05, 3.63) is 18.5 Å². The van der Waals surface area contributed by atoms with Crippen molar-refractivity contribution in [2.24, 2.45) is 5.41 Å². The summed E-state index contributed by atoms with van der Waals surface area (Å²) in [6.07, 6.45) is 4.44. The second-order valence-electron chi connectivity index (χ2n) is 5.04. The van der Waals surface area contributed by atoms with E-state index >= 15 is 0 Å². The SMILES string of the molecule is CC1(C)CC1NCC(O)Cn1cccn1. The molecule has 2 N–H and O–H groups in total. The molecule has 1 saturated carbocycles. The van der Waals surface area contributed by atoms with Gasteiger partial charge in [-0.3, -0.25) is 4.68 Å². The lowest BCUT2D eigenvalue weighted by Gasteiger charge is -2.12. The molecule has 2 unspecified atom stereocenters. The third kappa shape index (κ3) is 2.79. The van der Waals surface area contributed by atoms with E-state index in [0.29, 0.717) is 24.5 Å². The number of aromatic nitrogens is 2. The van der Waals surface area contributed by atoms with Gasteiger partial charge in [0.25, 0.3) is 0 Å². The Morgan fingerprint density at radius 2 is 2.40 bits per heavy atom. The fourth-order valence-corrected chi connectivity index (χ4v) is 1.78. The molecule has 1 aliphatic carbocycles. The minimum atomic E-state index is -0.360. The van der Waals surface area contributed by atoms with E-state index in [4.69, 9.17) is 0 Å². The van der Waals surface area contributed by atoms with Crippen LogP contribution in [0.5, 0.6) is 0 Å². The molecule has 0 bridgehead atoms. The van der Waals surface area contributed by atoms with E-state index in [1.807, 2.05) is 12.3 Å². The molecule has 0 saturated heterocycles. The molecule has 1 aliphatic rings. The molecule has 4 nitrogen and oxygen atoms in total. The average Bonchev–Trinajstić information content (AvgIpc) is 2.62. The fraction of sp³-hybridized carbons (Fsp3) is 0.727. The van der Waals surface area contributed by atoms with Crippen molar-refractivity contribution in [2.45, 2.75) is 39.0 Å². The molecule has 1 aromatic rings. The monoisotopic (exact) mass is 209 g/mol. The molecule has 1 heterocycles. The van der Waals surface area contributed by atoms with Gasteiger partial charge >= 0.3 is 0 Å². The second kappa shape index (κ2) is 3.94. The summed E-state index contributed by atoms with van der Waals surface area (Å²) in [6, 6.07) is 2.44. The highest BCUT2D eigenvalue weighted by molar-refractivity contribution is 5.01. The molecule has 2 rings (SSSR count). The zero-order valence-electron chi connectivity index (χ0n) is 9.35. The minimum absolute atomic E-state index is 0.360. The molecule has 2 atom stereocenters. The Morgan fingerprint density at radius 3 is 2.93 bits per heavy atom. The highest BCUT2D eigenvalue weighted by atomic mass is 16.3. The number of hydrogen-bond donors (Lipinski definition) is 2. The quantitative estimate of drug-likeness (QED) is 0.748. The van der Waals surface area contributed by atoms with Crippen LogP contribution in [0.25, 0.3) is 0 Å². The number of nitrogens with zero attached hydrogens (tertiary/aromatic N) is 2. The van der Waals surface area contributed by atoms with Gasteiger partial charge in [-0.25, -0.2) is 0 Å². The summed E-state index contributed by atoms with van der Waals surface area (Å²) in [5.41, 5.74) is 0.422. The van der Waals surface area contributed by atoms with Crippen LogP contribution in [0.3, 0.4) is 0 Å². The summed E-state index contributed by atoms with van der Waals surface area (Å²) in [4.78, 5) is 0. The Kier molecular flexibility index (Phi) is 2.80. The number of rotatable bonds is 5. The molecule has 1 aromatic heterocycles. The molecular weight excluding hydrogens is 190 g/mol. The largest absolute Gasteiger partial charge is 0.390 e. The van der Waals surface area contributed by atoms with Crippen LogP contribution in [-0.4, -0.2) is 33.6 Å². The average molecular weight is 209 g/mol. The number of nitrogens with one attached hydrogen (secondary N) is 1. The molecule has 1 fully saturated rings. The van der Waals surface area contributed by atoms with Crippen LogP contribution in [0.2, 0.25) is 0 Å². The van der Waals surface area contributed by atoms with Gasteiger partial charge in [-0.1, -0.05) is 13.8 Å². The zero-order valence-corrected chi connectivity index (χ0v) is 9.35. The van der Waals surface area contributed by atoms with Gasteiger partial charge < -0.3 is 10.4 Å². The Bertz CT molecular complexity index is 308. The van der Waals surface area contributed by atoms with Gasteiger partial charge in [-0.15, -0.1) is 0 Å². The third-order valence-electron chi connectivity index (χ3n) is 3.07. The lowest BCUT2D eigenvalue weighted by molar-refractivity contribution is 0.145. The lowest BCUT2D eigenvalue weighted by atomic mass is 10.2. The number of aliphatic hydroxyl groups is 1. The summed E-state index contributed by atoms with van der Waals surface area (Å²) < 4.78 is 1.75. The van der Waals surface area contributed by atoms with E-state index in [9.17, 15) is 5.11 Å². The first-order valence-electron chi connectivity index (χ1n) is 5.47. The molecule has 0 radical (unpaired) electrons. The molecule has 0 aromatic carbocycles. The zero-order chi connectivity index (χ0) is 10.9. The molecule has 15 heavy (non-hydrogen) atoms. The van der Waals surface area contributed by atoms with Gasteiger partial charge in [0.15, 0.2) is 0 Å². The topological polar surface area (TPSA) is 50.1 Å². The van der Waals surface area contributed by atoms with Crippen molar-refractivity contribution in [1.29, 1.82) is 0 Å². The van der Waals surface area contributed by atoms with E-state index in [0.717, 1.165) is 0 Å².